The number of allylic oxidation sites excluding steroid dienone is 1. The minimum atomic E-state index is 0.0783. The summed E-state index contributed by atoms with van der Waals surface area (Å²) in [4.78, 5) is 3.93. The standard InChI is InChI=1S/C25H27N3O/c1-2-23(19-9-5-3-6-10-19)24(20-11-7-4-8-12-20)21-13-15-22(16-14-21)29-18-17-28-25(26)27/h3-16H,2,17-18H2,1H3,(H4,26,27,28)/b24-23-. The van der Waals surface area contributed by atoms with Crippen molar-refractivity contribution in [2.75, 3.05) is 13.2 Å². The van der Waals surface area contributed by atoms with E-state index in [-0.39, 0.29) is 5.96 Å². The zero-order chi connectivity index (χ0) is 20.5. The Kier molecular flexibility index (Phi) is 7.06. The molecule has 4 heteroatoms. The van der Waals surface area contributed by atoms with Crippen LogP contribution in [0.3, 0.4) is 0 Å². The number of ether oxygens (including phenoxy) is 1. The molecule has 0 unspecified atom stereocenters. The lowest BCUT2D eigenvalue weighted by molar-refractivity contribution is 0.328. The molecular formula is C25H27N3O. The van der Waals surface area contributed by atoms with Gasteiger partial charge in [0.2, 0.25) is 0 Å². The third-order valence-electron chi connectivity index (χ3n) is 4.64. The van der Waals surface area contributed by atoms with E-state index in [1.807, 2.05) is 24.3 Å². The third-order valence-corrected chi connectivity index (χ3v) is 4.64. The Bertz CT molecular complexity index is 958. The van der Waals surface area contributed by atoms with E-state index in [0.29, 0.717) is 13.2 Å². The fraction of sp³-hybridized carbons (Fsp3) is 0.160. The van der Waals surface area contributed by atoms with Crippen molar-refractivity contribution in [1.29, 1.82) is 0 Å². The number of nitrogens with two attached hydrogens (primary N) is 2. The second-order valence-corrected chi connectivity index (χ2v) is 6.62. The molecule has 0 radical (unpaired) electrons. The maximum Gasteiger partial charge on any atom is 0.186 e. The van der Waals surface area contributed by atoms with Gasteiger partial charge < -0.3 is 16.2 Å². The summed E-state index contributed by atoms with van der Waals surface area (Å²) in [6, 6.07) is 29.3. The van der Waals surface area contributed by atoms with Gasteiger partial charge in [0.15, 0.2) is 5.96 Å². The lowest BCUT2D eigenvalue weighted by Gasteiger charge is -2.16. The van der Waals surface area contributed by atoms with Crippen LogP contribution >= 0.6 is 0 Å². The van der Waals surface area contributed by atoms with Crippen LogP contribution in [0.15, 0.2) is 89.9 Å². The third kappa shape index (κ3) is 5.48. The van der Waals surface area contributed by atoms with Crippen LogP contribution in [0.4, 0.5) is 0 Å². The molecule has 0 fully saturated rings. The number of hydrogen-bond acceptors (Lipinski definition) is 2. The summed E-state index contributed by atoms with van der Waals surface area (Å²) in [5, 5.41) is 0. The molecule has 0 saturated heterocycles. The zero-order valence-electron chi connectivity index (χ0n) is 16.7. The van der Waals surface area contributed by atoms with Crippen LogP contribution in [0, 0.1) is 0 Å². The number of benzene rings is 3. The van der Waals surface area contributed by atoms with Gasteiger partial charge in [-0.25, -0.2) is 0 Å². The molecule has 0 aliphatic carbocycles. The SMILES string of the molecule is CC/C(=C(\c1ccccc1)c1ccc(OCCN=C(N)N)cc1)c1ccccc1. The Balaban J connectivity index is 1.95. The first-order valence-electron chi connectivity index (χ1n) is 9.81. The van der Waals surface area contributed by atoms with Crippen LogP contribution in [0.5, 0.6) is 5.75 Å². The van der Waals surface area contributed by atoms with E-state index in [1.165, 1.54) is 22.3 Å². The first-order valence-corrected chi connectivity index (χ1v) is 9.81. The molecule has 29 heavy (non-hydrogen) atoms. The van der Waals surface area contributed by atoms with Crippen molar-refractivity contribution in [2.24, 2.45) is 16.5 Å². The first-order chi connectivity index (χ1) is 14.2. The van der Waals surface area contributed by atoms with Gasteiger partial charge in [-0.1, -0.05) is 79.7 Å². The van der Waals surface area contributed by atoms with Gasteiger partial charge in [-0.2, -0.15) is 0 Å². The van der Waals surface area contributed by atoms with Crippen molar-refractivity contribution in [3.05, 3.63) is 102 Å². The van der Waals surface area contributed by atoms with Gasteiger partial charge >= 0.3 is 0 Å². The fourth-order valence-electron chi connectivity index (χ4n) is 3.34. The van der Waals surface area contributed by atoms with Crippen molar-refractivity contribution in [3.63, 3.8) is 0 Å². The van der Waals surface area contributed by atoms with Gasteiger partial charge in [0.25, 0.3) is 0 Å². The molecule has 4 N–H and O–H groups in total. The summed E-state index contributed by atoms with van der Waals surface area (Å²) >= 11 is 0. The minimum Gasteiger partial charge on any atom is -0.492 e. The Morgan fingerprint density at radius 2 is 1.31 bits per heavy atom. The van der Waals surface area contributed by atoms with Crippen molar-refractivity contribution in [3.8, 4) is 5.75 Å². The maximum atomic E-state index is 5.73. The van der Waals surface area contributed by atoms with Crippen molar-refractivity contribution < 1.29 is 4.74 Å². The van der Waals surface area contributed by atoms with Crippen LogP contribution in [-0.4, -0.2) is 19.1 Å². The Hall–Kier alpha value is -3.53. The molecule has 0 bridgehead atoms. The highest BCUT2D eigenvalue weighted by atomic mass is 16.5. The van der Waals surface area contributed by atoms with Gasteiger partial charge in [0, 0.05) is 0 Å². The molecule has 0 spiro atoms. The molecular weight excluding hydrogens is 358 g/mol. The number of rotatable bonds is 8. The van der Waals surface area contributed by atoms with Crippen LogP contribution in [0.2, 0.25) is 0 Å². The van der Waals surface area contributed by atoms with Crippen molar-refractivity contribution in [1.82, 2.24) is 0 Å². The second-order valence-electron chi connectivity index (χ2n) is 6.62. The summed E-state index contributed by atoms with van der Waals surface area (Å²) in [6.07, 6.45) is 0.936. The van der Waals surface area contributed by atoms with Gasteiger partial charge in [-0.05, 0) is 46.4 Å². The number of aliphatic imine (C=N–C) groups is 1. The summed E-state index contributed by atoms with van der Waals surface area (Å²) in [5.41, 5.74) is 16.8. The Morgan fingerprint density at radius 3 is 1.86 bits per heavy atom. The van der Waals surface area contributed by atoms with Gasteiger partial charge in [-0.3, -0.25) is 4.99 Å². The minimum absolute atomic E-state index is 0.0783. The monoisotopic (exact) mass is 385 g/mol. The maximum absolute atomic E-state index is 5.73. The van der Waals surface area contributed by atoms with E-state index in [2.05, 4.69) is 72.6 Å². The molecule has 0 aromatic heterocycles. The van der Waals surface area contributed by atoms with E-state index < -0.39 is 0 Å². The molecule has 0 amide bonds. The summed E-state index contributed by atoms with van der Waals surface area (Å²) < 4.78 is 5.73. The number of nitrogens with zero attached hydrogens (tertiary/aromatic N) is 1. The van der Waals surface area contributed by atoms with Crippen LogP contribution in [0.25, 0.3) is 11.1 Å². The van der Waals surface area contributed by atoms with Crippen LogP contribution < -0.4 is 16.2 Å². The van der Waals surface area contributed by atoms with E-state index in [4.69, 9.17) is 16.2 Å². The number of hydrogen-bond donors (Lipinski definition) is 2. The molecule has 0 aliphatic rings. The van der Waals surface area contributed by atoms with E-state index >= 15 is 0 Å². The van der Waals surface area contributed by atoms with Crippen molar-refractivity contribution >= 4 is 17.1 Å². The molecule has 0 aliphatic heterocycles. The average Bonchev–Trinajstić information content (AvgIpc) is 2.76. The first kappa shape index (κ1) is 20.2. The van der Waals surface area contributed by atoms with Crippen LogP contribution in [-0.2, 0) is 0 Å². The molecule has 0 atom stereocenters. The van der Waals surface area contributed by atoms with Crippen LogP contribution in [0.1, 0.15) is 30.0 Å². The normalized spacial score (nSPS) is 11.5. The summed E-state index contributed by atoms with van der Waals surface area (Å²) in [6.45, 7) is 3.07. The summed E-state index contributed by atoms with van der Waals surface area (Å²) in [7, 11) is 0. The predicted molar refractivity (Wildman–Crippen MR) is 122 cm³/mol. The smallest absolute Gasteiger partial charge is 0.186 e. The second kappa shape index (κ2) is 10.1. The summed E-state index contributed by atoms with van der Waals surface area (Å²) in [5.74, 6) is 0.874. The average molecular weight is 386 g/mol. The predicted octanol–water partition coefficient (Wildman–Crippen LogP) is 4.71. The van der Waals surface area contributed by atoms with Gasteiger partial charge in [0.05, 0.1) is 6.54 Å². The lowest BCUT2D eigenvalue weighted by atomic mass is 9.88. The molecule has 0 heterocycles. The zero-order valence-corrected chi connectivity index (χ0v) is 16.7. The highest BCUT2D eigenvalue weighted by molar-refractivity contribution is 5.98. The molecule has 3 aromatic carbocycles. The molecule has 3 rings (SSSR count). The number of guanidine groups is 1. The fourth-order valence-corrected chi connectivity index (χ4v) is 3.34. The highest BCUT2D eigenvalue weighted by Crippen LogP contribution is 2.34. The molecule has 4 nitrogen and oxygen atoms in total. The highest BCUT2D eigenvalue weighted by Gasteiger charge is 2.12. The topological polar surface area (TPSA) is 73.6 Å². The lowest BCUT2D eigenvalue weighted by Crippen LogP contribution is -2.23. The van der Waals surface area contributed by atoms with E-state index in [9.17, 15) is 0 Å². The largest absolute Gasteiger partial charge is 0.492 e. The quantitative estimate of drug-likeness (QED) is 0.255. The molecule has 3 aromatic rings. The van der Waals surface area contributed by atoms with E-state index in [1.54, 1.807) is 0 Å². The Morgan fingerprint density at radius 1 is 0.759 bits per heavy atom. The molecule has 148 valence electrons. The van der Waals surface area contributed by atoms with Gasteiger partial charge in [-0.15, -0.1) is 0 Å². The van der Waals surface area contributed by atoms with E-state index in [0.717, 1.165) is 17.7 Å². The molecule has 0 saturated carbocycles. The van der Waals surface area contributed by atoms with Crippen molar-refractivity contribution in [2.45, 2.75) is 13.3 Å². The Labute approximate surface area is 172 Å². The van der Waals surface area contributed by atoms with Gasteiger partial charge in [0.1, 0.15) is 12.4 Å².